The molecule has 3 aliphatic carbocycles. The maximum absolute atomic E-state index is 2.52. The van der Waals surface area contributed by atoms with Gasteiger partial charge in [-0.2, -0.15) is 4.57 Å². The second kappa shape index (κ2) is 7.16. The Bertz CT molecular complexity index is 1000. The number of halogens is 1. The molecule has 0 spiro atoms. The van der Waals surface area contributed by atoms with Crippen LogP contribution in [-0.2, 0) is 12.5 Å². The summed E-state index contributed by atoms with van der Waals surface area (Å²) in [6.45, 7) is 6.83. The maximum Gasteiger partial charge on any atom is 0.249 e. The Labute approximate surface area is 186 Å². The summed E-state index contributed by atoms with van der Waals surface area (Å²) >= 11 is 0. The van der Waals surface area contributed by atoms with E-state index < -0.39 is 0 Å². The molecule has 1 aromatic heterocycles. The van der Waals surface area contributed by atoms with Crippen LogP contribution in [0.5, 0.6) is 0 Å². The smallest absolute Gasteiger partial charge is 0.232 e. The van der Waals surface area contributed by atoms with E-state index in [9.17, 15) is 0 Å². The Balaban J connectivity index is 0.00000192. The number of rotatable bonds is 1. The molecule has 0 N–H and O–H groups in total. The molecule has 2 bridgehead atoms. The van der Waals surface area contributed by atoms with Crippen molar-refractivity contribution in [2.24, 2.45) is 7.05 Å². The molecule has 2 atom stereocenters. The first-order chi connectivity index (χ1) is 12.9. The molecule has 0 radical (unpaired) electrons. The van der Waals surface area contributed by atoms with Crippen LogP contribution in [0.3, 0.4) is 0 Å². The molecule has 0 aliphatic heterocycles. The van der Waals surface area contributed by atoms with Crippen molar-refractivity contribution in [1.29, 1.82) is 0 Å². The molecule has 1 saturated carbocycles. The van der Waals surface area contributed by atoms with Crippen molar-refractivity contribution in [3.05, 3.63) is 59.4 Å². The number of imidazole rings is 1. The molecule has 1 heterocycles. The summed E-state index contributed by atoms with van der Waals surface area (Å²) in [7, 11) is 2.18. The van der Waals surface area contributed by atoms with Gasteiger partial charge in [-0.1, -0.05) is 39.3 Å². The van der Waals surface area contributed by atoms with Crippen LogP contribution in [0.2, 0.25) is 0 Å². The number of nitrogens with zero attached hydrogens (tertiary/aromatic N) is 2. The number of hydrogen-bond acceptors (Lipinski definition) is 0. The minimum Gasteiger partial charge on any atom is -0.232 e. The lowest BCUT2D eigenvalue weighted by Gasteiger charge is -2.26. The van der Waals surface area contributed by atoms with E-state index in [4.69, 9.17) is 0 Å². The monoisotopic (exact) mass is 487 g/mol. The first kappa shape index (κ1) is 19.9. The highest BCUT2D eigenvalue weighted by Gasteiger charge is 2.32. The highest BCUT2D eigenvalue weighted by atomic mass is 127. The first-order valence-electron chi connectivity index (χ1n) is 10.6. The van der Waals surface area contributed by atoms with Crippen molar-refractivity contribution < 1.29 is 4.57 Å². The Morgan fingerprint density at radius 1 is 0.893 bits per heavy atom. The second-order valence-electron chi connectivity index (χ2n) is 9.77. The molecule has 3 aliphatic rings. The Hall–Kier alpha value is -1.36. The van der Waals surface area contributed by atoms with Gasteiger partial charge in [0.15, 0.2) is 11.0 Å². The number of aryl methyl sites for hydroxylation is 1. The summed E-state index contributed by atoms with van der Waals surface area (Å²) < 4.78 is 4.67. The van der Waals surface area contributed by atoms with Gasteiger partial charge in [-0.3, -0.25) is 0 Å². The largest absolute Gasteiger partial charge is 0.249 e. The average molecular weight is 487 g/mol. The minimum atomic E-state index is 0. The molecule has 3 heteroatoms. The zero-order chi connectivity index (χ0) is 18.8. The van der Waals surface area contributed by atoms with Crippen molar-refractivity contribution >= 4 is 35.0 Å². The van der Waals surface area contributed by atoms with Gasteiger partial charge in [-0.25, -0.2) is 4.57 Å². The fourth-order valence-electron chi connectivity index (χ4n) is 5.34. The van der Waals surface area contributed by atoms with Gasteiger partial charge in [-0.05, 0) is 83.9 Å². The molecule has 2 unspecified atom stereocenters. The lowest BCUT2D eigenvalue weighted by atomic mass is 9.78. The molecule has 0 amide bonds. The topological polar surface area (TPSA) is 8.81 Å². The van der Waals surface area contributed by atoms with Gasteiger partial charge < -0.3 is 0 Å². The molecule has 2 nitrogen and oxygen atoms in total. The lowest BCUT2D eigenvalue weighted by Crippen LogP contribution is -2.25. The van der Waals surface area contributed by atoms with E-state index in [-0.39, 0.29) is 29.4 Å². The van der Waals surface area contributed by atoms with E-state index in [1.54, 1.807) is 11.1 Å². The van der Waals surface area contributed by atoms with E-state index in [1.807, 2.05) is 0 Å². The Morgan fingerprint density at radius 2 is 1.50 bits per heavy atom. The molecule has 2 aromatic carbocycles. The van der Waals surface area contributed by atoms with Crippen molar-refractivity contribution in [1.82, 2.24) is 4.57 Å². The summed E-state index contributed by atoms with van der Waals surface area (Å²) in [5.74, 6) is 1.57. The molecule has 28 heavy (non-hydrogen) atoms. The van der Waals surface area contributed by atoms with Gasteiger partial charge >= 0.3 is 0 Å². The molecular formula is C25H32IN2+. The van der Waals surface area contributed by atoms with Gasteiger partial charge in [0.1, 0.15) is 5.69 Å². The Morgan fingerprint density at radius 3 is 2.11 bits per heavy atom. The fourth-order valence-corrected chi connectivity index (χ4v) is 5.34. The van der Waals surface area contributed by atoms with Gasteiger partial charge in [0.25, 0.3) is 0 Å². The molecule has 3 aromatic rings. The van der Waals surface area contributed by atoms with Crippen LogP contribution < -0.4 is 4.57 Å². The third-order valence-electron chi connectivity index (χ3n) is 6.97. The molecule has 6 rings (SSSR count). The zero-order valence-corrected chi connectivity index (χ0v) is 19.9. The standard InChI is InChI=1S/C25H31N2.HI/c1-25(2,3)19-10-12-20(13-11-19)27-16-26(4)23-14-21-17-6-5-7-18(9-8-17)22(21)15-24(23)27;/h10-18H,5-9H2,1-4H3;1H/q+1;. The van der Waals surface area contributed by atoms with Crippen LogP contribution in [0.25, 0.3) is 16.7 Å². The van der Waals surface area contributed by atoms with Crippen molar-refractivity contribution in [2.45, 2.75) is 70.1 Å². The van der Waals surface area contributed by atoms with Crippen LogP contribution in [0.4, 0.5) is 0 Å². The predicted octanol–water partition coefficient (Wildman–Crippen LogP) is 6.52. The maximum atomic E-state index is 2.52. The third kappa shape index (κ3) is 3.20. The average Bonchev–Trinajstić information content (AvgIpc) is 2.82. The molecular weight excluding hydrogens is 455 g/mol. The van der Waals surface area contributed by atoms with E-state index in [0.717, 1.165) is 11.8 Å². The zero-order valence-electron chi connectivity index (χ0n) is 17.5. The number of hydrogen-bond donors (Lipinski definition) is 0. The third-order valence-corrected chi connectivity index (χ3v) is 6.97. The summed E-state index contributed by atoms with van der Waals surface area (Å²) in [5, 5.41) is 0. The lowest BCUT2D eigenvalue weighted by molar-refractivity contribution is -0.645. The molecule has 148 valence electrons. The number of fused-ring (bicyclic) bond motifs is 4. The SMILES string of the molecule is C[n+]1cn(-c2ccc(C(C)(C)C)cc2)c2cc3c(cc21)C1CCCC3CC1.I. The normalized spacial score (nSPS) is 21.3. The summed E-state index contributed by atoms with van der Waals surface area (Å²) in [6, 6.07) is 14.1. The van der Waals surface area contributed by atoms with Crippen LogP contribution >= 0.6 is 24.0 Å². The molecule has 1 fully saturated rings. The van der Waals surface area contributed by atoms with E-state index >= 15 is 0 Å². The first-order valence-corrected chi connectivity index (χ1v) is 10.6. The number of benzene rings is 2. The summed E-state index contributed by atoms with van der Waals surface area (Å²) in [6.07, 6.45) is 9.18. The van der Waals surface area contributed by atoms with Crippen LogP contribution in [0.1, 0.15) is 81.4 Å². The fraction of sp³-hybridized carbons (Fsp3) is 0.480. The van der Waals surface area contributed by atoms with Crippen molar-refractivity contribution in [3.63, 3.8) is 0 Å². The number of aromatic nitrogens is 2. The van der Waals surface area contributed by atoms with Gasteiger partial charge in [0.2, 0.25) is 6.33 Å². The van der Waals surface area contributed by atoms with E-state index in [1.165, 1.54) is 54.4 Å². The predicted molar refractivity (Wildman–Crippen MR) is 127 cm³/mol. The van der Waals surface area contributed by atoms with Crippen molar-refractivity contribution in [3.8, 4) is 5.69 Å². The highest BCUT2D eigenvalue weighted by molar-refractivity contribution is 14.0. The Kier molecular flexibility index (Phi) is 5.09. The second-order valence-corrected chi connectivity index (χ2v) is 9.77. The van der Waals surface area contributed by atoms with Gasteiger partial charge in [0, 0.05) is 0 Å². The quantitative estimate of drug-likeness (QED) is 0.273. The van der Waals surface area contributed by atoms with E-state index in [0.29, 0.717) is 0 Å². The van der Waals surface area contributed by atoms with Gasteiger partial charge in [0.05, 0.1) is 7.05 Å². The van der Waals surface area contributed by atoms with Gasteiger partial charge in [-0.15, -0.1) is 24.0 Å². The highest BCUT2D eigenvalue weighted by Crippen LogP contribution is 2.48. The summed E-state index contributed by atoms with van der Waals surface area (Å²) in [5.41, 5.74) is 8.84. The van der Waals surface area contributed by atoms with Crippen LogP contribution in [0.15, 0.2) is 42.7 Å². The van der Waals surface area contributed by atoms with Crippen LogP contribution in [0, 0.1) is 0 Å². The van der Waals surface area contributed by atoms with E-state index in [2.05, 4.69) is 79.7 Å². The van der Waals surface area contributed by atoms with Crippen LogP contribution in [-0.4, -0.2) is 4.57 Å². The van der Waals surface area contributed by atoms with Crippen molar-refractivity contribution in [2.75, 3.05) is 0 Å². The minimum absolute atomic E-state index is 0. The molecule has 0 saturated heterocycles. The summed E-state index contributed by atoms with van der Waals surface area (Å²) in [4.78, 5) is 0.